The third kappa shape index (κ3) is 4.82. The molecule has 180 valence electrons. The quantitative estimate of drug-likeness (QED) is 0.228. The molecule has 0 fully saturated rings. The van der Waals surface area contributed by atoms with E-state index < -0.39 is 23.5 Å². The summed E-state index contributed by atoms with van der Waals surface area (Å²) in [5.74, 6) is 0. The molecule has 0 spiro atoms. The van der Waals surface area contributed by atoms with Gasteiger partial charge in [-0.05, 0) is 86.6 Å². The highest BCUT2D eigenvalue weighted by Gasteiger charge is 2.37. The highest BCUT2D eigenvalue weighted by molar-refractivity contribution is 5.91. The lowest BCUT2D eigenvalue weighted by atomic mass is 9.95. The Morgan fingerprint density at radius 3 is 1.25 bits per heavy atom. The van der Waals surface area contributed by atoms with E-state index in [0.717, 1.165) is 39.8 Å². The maximum absolute atomic E-state index is 13.3. The van der Waals surface area contributed by atoms with E-state index in [-0.39, 0.29) is 17.2 Å². The molecule has 5 rings (SSSR count). The first-order chi connectivity index (χ1) is 17.1. The Balaban J connectivity index is 1.50. The number of hydrogen-bond donors (Lipinski definition) is 0. The van der Waals surface area contributed by atoms with Crippen LogP contribution >= 0.6 is 0 Å². The Bertz CT molecular complexity index is 1500. The van der Waals surface area contributed by atoms with E-state index >= 15 is 0 Å². The summed E-state index contributed by atoms with van der Waals surface area (Å²) in [6.45, 7) is 0. The Labute approximate surface area is 202 Å². The molecular formula is C29H17F6N. The Hall–Kier alpha value is -4.13. The van der Waals surface area contributed by atoms with E-state index in [1.165, 1.54) is 6.07 Å². The largest absolute Gasteiger partial charge is 0.416 e. The molecule has 4 aromatic carbocycles. The van der Waals surface area contributed by atoms with Gasteiger partial charge in [-0.2, -0.15) is 26.3 Å². The lowest BCUT2D eigenvalue weighted by Gasteiger charge is -2.15. The standard InChI is InChI=1S/C29H17F6N/c30-28(31,32)26-15-25(16-27(17-26)29(33,34)35)24-8-7-22-13-21(5-6-23(22)14-24)19-3-1-18(2-4-19)20-9-11-36-12-10-20/h1-17H. The first-order valence-corrected chi connectivity index (χ1v) is 10.9. The van der Waals surface area contributed by atoms with Crippen LogP contribution in [0.2, 0.25) is 0 Å². The summed E-state index contributed by atoms with van der Waals surface area (Å²) in [5, 5.41) is 1.52. The topological polar surface area (TPSA) is 12.9 Å². The molecule has 0 unspecified atom stereocenters. The molecule has 7 heteroatoms. The fraction of sp³-hybridized carbons (Fsp3) is 0.0690. The second kappa shape index (κ2) is 8.82. The SMILES string of the molecule is FC(F)(F)c1cc(-c2ccc3cc(-c4ccc(-c5ccncc5)cc4)ccc3c2)cc(C(F)(F)F)c1. The molecule has 0 aliphatic rings. The molecule has 5 aromatic rings. The fourth-order valence-corrected chi connectivity index (χ4v) is 4.13. The zero-order chi connectivity index (χ0) is 25.5. The van der Waals surface area contributed by atoms with Crippen LogP contribution in [0.15, 0.2) is 103 Å². The van der Waals surface area contributed by atoms with Crippen LogP contribution in [0.3, 0.4) is 0 Å². The van der Waals surface area contributed by atoms with Crippen LogP contribution in [0.4, 0.5) is 26.3 Å². The number of halogens is 6. The monoisotopic (exact) mass is 493 g/mol. The van der Waals surface area contributed by atoms with Crippen LogP contribution in [-0.4, -0.2) is 4.98 Å². The second-order valence-corrected chi connectivity index (χ2v) is 8.38. The molecule has 0 N–H and O–H groups in total. The van der Waals surface area contributed by atoms with E-state index in [1.807, 2.05) is 54.6 Å². The van der Waals surface area contributed by atoms with Gasteiger partial charge in [0.2, 0.25) is 0 Å². The van der Waals surface area contributed by atoms with E-state index in [4.69, 9.17) is 0 Å². The van der Waals surface area contributed by atoms with Gasteiger partial charge in [0.15, 0.2) is 0 Å². The van der Waals surface area contributed by atoms with Crippen molar-refractivity contribution in [2.45, 2.75) is 12.4 Å². The van der Waals surface area contributed by atoms with E-state index in [2.05, 4.69) is 4.98 Å². The molecule has 0 amide bonds. The molecule has 36 heavy (non-hydrogen) atoms. The Morgan fingerprint density at radius 1 is 0.389 bits per heavy atom. The van der Waals surface area contributed by atoms with Gasteiger partial charge in [0.05, 0.1) is 11.1 Å². The van der Waals surface area contributed by atoms with Crippen LogP contribution in [0.5, 0.6) is 0 Å². The van der Waals surface area contributed by atoms with Crippen molar-refractivity contribution in [2.75, 3.05) is 0 Å². The van der Waals surface area contributed by atoms with Gasteiger partial charge in [-0.25, -0.2) is 0 Å². The molecule has 1 nitrogen and oxygen atoms in total. The molecule has 0 aliphatic heterocycles. The summed E-state index contributed by atoms with van der Waals surface area (Å²) in [6, 6.07) is 23.9. The van der Waals surface area contributed by atoms with Crippen molar-refractivity contribution in [3.8, 4) is 33.4 Å². The molecule has 0 saturated heterocycles. The molecule has 0 bridgehead atoms. The number of pyridine rings is 1. The fourth-order valence-electron chi connectivity index (χ4n) is 4.13. The van der Waals surface area contributed by atoms with Crippen LogP contribution in [-0.2, 0) is 12.4 Å². The average molecular weight is 493 g/mol. The van der Waals surface area contributed by atoms with Crippen molar-refractivity contribution in [3.63, 3.8) is 0 Å². The number of hydrogen-bond acceptors (Lipinski definition) is 1. The van der Waals surface area contributed by atoms with E-state index in [0.29, 0.717) is 5.39 Å². The van der Waals surface area contributed by atoms with Crippen molar-refractivity contribution >= 4 is 10.8 Å². The van der Waals surface area contributed by atoms with Gasteiger partial charge in [0.25, 0.3) is 0 Å². The molecular weight excluding hydrogens is 476 g/mol. The zero-order valence-corrected chi connectivity index (χ0v) is 18.5. The summed E-state index contributed by atoms with van der Waals surface area (Å²) in [7, 11) is 0. The van der Waals surface area contributed by atoms with Crippen molar-refractivity contribution in [2.24, 2.45) is 0 Å². The smallest absolute Gasteiger partial charge is 0.265 e. The molecule has 0 radical (unpaired) electrons. The van der Waals surface area contributed by atoms with E-state index in [1.54, 1.807) is 24.5 Å². The molecule has 0 atom stereocenters. The summed E-state index contributed by atoms with van der Waals surface area (Å²) >= 11 is 0. The molecule has 1 aromatic heterocycles. The van der Waals surface area contributed by atoms with Gasteiger partial charge in [-0.15, -0.1) is 0 Å². The average Bonchev–Trinajstić information content (AvgIpc) is 2.87. The van der Waals surface area contributed by atoms with Gasteiger partial charge in [-0.3, -0.25) is 4.98 Å². The molecule has 0 aliphatic carbocycles. The predicted molar refractivity (Wildman–Crippen MR) is 128 cm³/mol. The van der Waals surface area contributed by atoms with Crippen molar-refractivity contribution in [1.82, 2.24) is 4.98 Å². The molecule has 0 saturated carbocycles. The number of benzene rings is 4. The van der Waals surface area contributed by atoms with Gasteiger partial charge in [0, 0.05) is 12.4 Å². The Kier molecular flexibility index (Phi) is 5.79. The number of aromatic nitrogens is 1. The van der Waals surface area contributed by atoms with Crippen molar-refractivity contribution < 1.29 is 26.3 Å². The van der Waals surface area contributed by atoms with Crippen LogP contribution in [0.25, 0.3) is 44.2 Å². The summed E-state index contributed by atoms with van der Waals surface area (Å²) in [5.41, 5.74) is 1.47. The maximum Gasteiger partial charge on any atom is 0.416 e. The third-order valence-electron chi connectivity index (χ3n) is 5.99. The highest BCUT2D eigenvalue weighted by Crippen LogP contribution is 2.39. The zero-order valence-electron chi connectivity index (χ0n) is 18.5. The van der Waals surface area contributed by atoms with Crippen molar-refractivity contribution in [3.05, 3.63) is 115 Å². The maximum atomic E-state index is 13.3. The Morgan fingerprint density at radius 2 is 0.778 bits per heavy atom. The normalized spacial score (nSPS) is 12.2. The van der Waals surface area contributed by atoms with Crippen LogP contribution in [0.1, 0.15) is 11.1 Å². The number of alkyl halides is 6. The summed E-state index contributed by atoms with van der Waals surface area (Å²) in [6.07, 6.45) is -6.34. The molecule has 1 heterocycles. The second-order valence-electron chi connectivity index (χ2n) is 8.38. The van der Waals surface area contributed by atoms with Crippen LogP contribution < -0.4 is 0 Å². The predicted octanol–water partition coefficient (Wildman–Crippen LogP) is 9.27. The first kappa shape index (κ1) is 23.6. The lowest BCUT2D eigenvalue weighted by molar-refractivity contribution is -0.143. The number of fused-ring (bicyclic) bond motifs is 1. The van der Waals surface area contributed by atoms with Gasteiger partial charge in [0.1, 0.15) is 0 Å². The van der Waals surface area contributed by atoms with Crippen LogP contribution in [0, 0.1) is 0 Å². The third-order valence-corrected chi connectivity index (χ3v) is 5.99. The number of nitrogens with zero attached hydrogens (tertiary/aromatic N) is 1. The minimum atomic E-state index is -4.89. The van der Waals surface area contributed by atoms with Gasteiger partial charge < -0.3 is 0 Å². The van der Waals surface area contributed by atoms with Gasteiger partial charge in [-0.1, -0.05) is 48.5 Å². The minimum absolute atomic E-state index is 0.136. The highest BCUT2D eigenvalue weighted by atomic mass is 19.4. The minimum Gasteiger partial charge on any atom is -0.265 e. The van der Waals surface area contributed by atoms with Gasteiger partial charge >= 0.3 is 12.4 Å². The summed E-state index contributed by atoms with van der Waals surface area (Å²) in [4.78, 5) is 4.02. The first-order valence-electron chi connectivity index (χ1n) is 10.9. The van der Waals surface area contributed by atoms with Crippen molar-refractivity contribution in [1.29, 1.82) is 0 Å². The summed E-state index contributed by atoms with van der Waals surface area (Å²) < 4.78 is 79.6. The lowest BCUT2D eigenvalue weighted by Crippen LogP contribution is -2.11. The number of rotatable bonds is 3. The van der Waals surface area contributed by atoms with E-state index in [9.17, 15) is 26.3 Å².